The van der Waals surface area contributed by atoms with Crippen LogP contribution in [0.3, 0.4) is 0 Å². The number of carbonyl (C=O) groups excluding carboxylic acids is 1. The average Bonchev–Trinajstić information content (AvgIpc) is 2.64. The van der Waals surface area contributed by atoms with Gasteiger partial charge in [-0.25, -0.2) is 0 Å². The number of rotatable bonds is 6. The third-order valence-corrected chi connectivity index (χ3v) is 4.23. The fourth-order valence-corrected chi connectivity index (χ4v) is 2.81. The minimum absolute atomic E-state index is 0. The van der Waals surface area contributed by atoms with Crippen LogP contribution in [0.4, 0.5) is 22.7 Å². The molecule has 3 rings (SSSR count). The Hall–Kier alpha value is -2.82. The molecule has 0 unspecified atom stereocenters. The summed E-state index contributed by atoms with van der Waals surface area (Å²) in [5.74, 6) is -0.0115. The van der Waals surface area contributed by atoms with Gasteiger partial charge in [0, 0.05) is 17.1 Å². The molecule has 0 saturated heterocycles. The Morgan fingerprint density at radius 3 is 1.81 bits per heavy atom. The highest BCUT2D eigenvalue weighted by Crippen LogP contribution is 2.20. The number of carbonyl (C=O) groups is 1. The molecule has 2 N–H and O–H groups in total. The molecule has 0 bridgehead atoms. The van der Waals surface area contributed by atoms with Gasteiger partial charge in [0.25, 0.3) is 5.91 Å². The van der Waals surface area contributed by atoms with Gasteiger partial charge in [-0.2, -0.15) is 0 Å². The van der Waals surface area contributed by atoms with Crippen LogP contribution in [0.5, 0.6) is 0 Å². The van der Waals surface area contributed by atoms with E-state index in [1.807, 2.05) is 99.0 Å². The van der Waals surface area contributed by atoms with Gasteiger partial charge in [-0.3, -0.25) is 9.28 Å². The number of nitrogens with zero attached hydrogens (tertiary/aromatic N) is 1. The Balaban J connectivity index is 0.00000261. The molecule has 0 atom stereocenters. The Morgan fingerprint density at radius 1 is 0.741 bits per heavy atom. The molecule has 0 aromatic heterocycles. The lowest BCUT2D eigenvalue weighted by Gasteiger charge is -2.28. The molecular formula is C22H24ClN3O. The topological polar surface area (TPSA) is 41.1 Å². The Labute approximate surface area is 166 Å². The van der Waals surface area contributed by atoms with E-state index in [1.54, 1.807) is 0 Å². The highest BCUT2D eigenvalue weighted by Gasteiger charge is 2.22. The number of nitrogens with one attached hydrogen (secondary N) is 2. The van der Waals surface area contributed by atoms with E-state index in [-0.39, 0.29) is 18.3 Å². The van der Waals surface area contributed by atoms with Crippen LogP contribution in [0.15, 0.2) is 84.9 Å². The maximum atomic E-state index is 12.4. The van der Waals surface area contributed by atoms with E-state index in [0.29, 0.717) is 11.0 Å². The molecule has 0 aliphatic rings. The second-order valence-corrected chi connectivity index (χ2v) is 6.80. The summed E-state index contributed by atoms with van der Waals surface area (Å²) in [5, 5.41) is 6.30. The van der Waals surface area contributed by atoms with Gasteiger partial charge in [-0.05, 0) is 48.5 Å². The van der Waals surface area contributed by atoms with Gasteiger partial charge in [0.1, 0.15) is 5.69 Å². The summed E-state index contributed by atoms with van der Waals surface area (Å²) in [5.41, 5.74) is 3.91. The summed E-state index contributed by atoms with van der Waals surface area (Å²) in [6, 6.07) is 27.8. The first-order chi connectivity index (χ1) is 12.5. The van der Waals surface area contributed by atoms with Crippen molar-refractivity contribution in [2.24, 2.45) is 0 Å². The van der Waals surface area contributed by atoms with Crippen LogP contribution in [-0.2, 0) is 4.79 Å². The van der Waals surface area contributed by atoms with Crippen molar-refractivity contribution >= 4 is 28.7 Å². The van der Waals surface area contributed by atoms with E-state index in [0.717, 1.165) is 22.7 Å². The summed E-state index contributed by atoms with van der Waals surface area (Å²) < 4.78 is 0.500. The molecule has 27 heavy (non-hydrogen) atoms. The van der Waals surface area contributed by atoms with Crippen molar-refractivity contribution < 1.29 is 17.2 Å². The predicted octanol–water partition coefficient (Wildman–Crippen LogP) is 1.64. The predicted molar refractivity (Wildman–Crippen MR) is 110 cm³/mol. The van der Waals surface area contributed by atoms with Crippen molar-refractivity contribution in [2.45, 2.75) is 0 Å². The van der Waals surface area contributed by atoms with Crippen LogP contribution in [0, 0.1) is 0 Å². The van der Waals surface area contributed by atoms with E-state index in [4.69, 9.17) is 0 Å². The molecule has 3 aromatic carbocycles. The number of anilines is 3. The molecule has 1 amide bonds. The van der Waals surface area contributed by atoms with Gasteiger partial charge in [0.15, 0.2) is 6.54 Å². The zero-order valence-corrected chi connectivity index (χ0v) is 16.3. The molecule has 0 aliphatic heterocycles. The number of benzene rings is 3. The highest BCUT2D eigenvalue weighted by atomic mass is 35.5. The molecule has 0 aliphatic carbocycles. The molecule has 140 valence electrons. The number of halogens is 1. The van der Waals surface area contributed by atoms with Crippen LogP contribution >= 0.6 is 0 Å². The standard InChI is InChI=1S/C22H23N3O.ClH/c1-25(2,21-11-7-4-8-12-21)17-22(26)24-20-15-13-19(14-16-20)23-18-9-5-3-6-10-18;/h3-16,23H,17H2,1-2H3;1H. The number of hydrogen-bond acceptors (Lipinski definition) is 2. The largest absolute Gasteiger partial charge is 1.00 e. The first-order valence-electron chi connectivity index (χ1n) is 8.63. The molecule has 0 fully saturated rings. The number of amides is 1. The maximum Gasteiger partial charge on any atom is 0.280 e. The first-order valence-corrected chi connectivity index (χ1v) is 8.63. The van der Waals surface area contributed by atoms with Crippen LogP contribution < -0.4 is 27.5 Å². The SMILES string of the molecule is C[N+](C)(CC(=O)Nc1ccc(Nc2ccccc2)cc1)c1ccccc1.[Cl-]. The molecular weight excluding hydrogens is 358 g/mol. The molecule has 0 saturated carbocycles. The lowest BCUT2D eigenvalue weighted by atomic mass is 10.2. The molecule has 0 spiro atoms. The van der Waals surface area contributed by atoms with Crippen LogP contribution in [-0.4, -0.2) is 26.5 Å². The Bertz CT molecular complexity index is 850. The van der Waals surface area contributed by atoms with Crippen molar-refractivity contribution in [1.29, 1.82) is 0 Å². The first kappa shape index (κ1) is 20.5. The lowest BCUT2D eigenvalue weighted by molar-refractivity contribution is -0.116. The van der Waals surface area contributed by atoms with Gasteiger partial charge in [0.2, 0.25) is 0 Å². The van der Waals surface area contributed by atoms with Crippen molar-refractivity contribution in [1.82, 2.24) is 4.48 Å². The minimum atomic E-state index is -0.0115. The van der Waals surface area contributed by atoms with Gasteiger partial charge in [-0.15, -0.1) is 0 Å². The second kappa shape index (κ2) is 9.21. The number of quaternary nitrogens is 1. The summed E-state index contributed by atoms with van der Waals surface area (Å²) in [6.45, 7) is 0.369. The average molecular weight is 382 g/mol. The maximum absolute atomic E-state index is 12.4. The van der Waals surface area contributed by atoms with E-state index in [1.165, 1.54) is 0 Å². The van der Waals surface area contributed by atoms with Gasteiger partial charge in [0.05, 0.1) is 14.1 Å². The molecule has 5 heteroatoms. The molecule has 4 nitrogen and oxygen atoms in total. The number of likely N-dealkylation sites (N-methyl/N-ethyl adjacent to an activating group) is 1. The van der Waals surface area contributed by atoms with E-state index in [2.05, 4.69) is 10.6 Å². The smallest absolute Gasteiger partial charge is 0.280 e. The zero-order chi connectivity index (χ0) is 18.4. The fraction of sp³-hybridized carbons (Fsp3) is 0.136. The Kier molecular flexibility index (Phi) is 6.99. The minimum Gasteiger partial charge on any atom is -1.00 e. The highest BCUT2D eigenvalue weighted by molar-refractivity contribution is 5.93. The molecule has 0 heterocycles. The van der Waals surface area contributed by atoms with Crippen molar-refractivity contribution in [3.63, 3.8) is 0 Å². The summed E-state index contributed by atoms with van der Waals surface area (Å²) in [7, 11) is 4.06. The van der Waals surface area contributed by atoms with Crippen molar-refractivity contribution in [3.8, 4) is 0 Å². The van der Waals surface area contributed by atoms with E-state index < -0.39 is 0 Å². The Morgan fingerprint density at radius 2 is 1.22 bits per heavy atom. The second-order valence-electron chi connectivity index (χ2n) is 6.80. The quantitative estimate of drug-likeness (QED) is 0.637. The van der Waals surface area contributed by atoms with Gasteiger partial charge < -0.3 is 23.0 Å². The monoisotopic (exact) mass is 381 g/mol. The van der Waals surface area contributed by atoms with Crippen molar-refractivity contribution in [3.05, 3.63) is 84.9 Å². The van der Waals surface area contributed by atoms with Crippen molar-refractivity contribution in [2.75, 3.05) is 31.3 Å². The van der Waals surface area contributed by atoms with Crippen LogP contribution in [0.1, 0.15) is 0 Å². The number of hydrogen-bond donors (Lipinski definition) is 2. The third kappa shape index (κ3) is 5.84. The van der Waals surface area contributed by atoms with Crippen LogP contribution in [0.25, 0.3) is 0 Å². The summed E-state index contributed by atoms with van der Waals surface area (Å²) >= 11 is 0. The van der Waals surface area contributed by atoms with Crippen LogP contribution in [0.2, 0.25) is 0 Å². The number of para-hydroxylation sites is 2. The molecule has 0 radical (unpaired) electrons. The van der Waals surface area contributed by atoms with E-state index in [9.17, 15) is 4.79 Å². The van der Waals surface area contributed by atoms with E-state index >= 15 is 0 Å². The lowest BCUT2D eigenvalue weighted by Crippen LogP contribution is -3.00. The summed E-state index contributed by atoms with van der Waals surface area (Å²) in [6.07, 6.45) is 0. The third-order valence-electron chi connectivity index (χ3n) is 4.23. The fourth-order valence-electron chi connectivity index (χ4n) is 2.81. The van der Waals surface area contributed by atoms with Gasteiger partial charge >= 0.3 is 0 Å². The zero-order valence-electron chi connectivity index (χ0n) is 15.5. The molecule has 3 aromatic rings. The summed E-state index contributed by atoms with van der Waals surface area (Å²) in [4.78, 5) is 12.4. The van der Waals surface area contributed by atoms with Gasteiger partial charge in [-0.1, -0.05) is 36.4 Å². The normalized spacial score (nSPS) is 10.6.